The van der Waals surface area contributed by atoms with E-state index in [1.807, 2.05) is 11.9 Å². The number of nitrogens with two attached hydrogens (primary N) is 2. The lowest BCUT2D eigenvalue weighted by Gasteiger charge is -2.26. The molecule has 0 aromatic carbocycles. The predicted molar refractivity (Wildman–Crippen MR) is 62.6 cm³/mol. The molecule has 0 atom stereocenters. The van der Waals surface area contributed by atoms with Crippen LogP contribution in [0.2, 0.25) is 0 Å². The predicted octanol–water partition coefficient (Wildman–Crippen LogP) is 0.453. The van der Waals surface area contributed by atoms with Crippen LogP contribution in [0.5, 0.6) is 0 Å². The summed E-state index contributed by atoms with van der Waals surface area (Å²) in [6.07, 6.45) is 0. The van der Waals surface area contributed by atoms with Gasteiger partial charge in [-0.3, -0.25) is 0 Å². The maximum atomic E-state index is 9.65. The zero-order valence-electron chi connectivity index (χ0n) is 9.36. The summed E-state index contributed by atoms with van der Waals surface area (Å²) in [6, 6.07) is 3.48. The third-order valence-corrected chi connectivity index (χ3v) is 1.96. The lowest BCUT2D eigenvalue weighted by Crippen LogP contribution is -2.36. The topological polar surface area (TPSA) is 88.4 Å². The molecule has 0 spiro atoms. The van der Waals surface area contributed by atoms with Gasteiger partial charge in [0.25, 0.3) is 0 Å². The summed E-state index contributed by atoms with van der Waals surface area (Å²) in [5.41, 5.74) is 10.9. The smallest absolute Gasteiger partial charge is 0.149 e. The number of pyridine rings is 1. The monoisotopic (exact) mass is 210 g/mol. The highest BCUT2D eigenvalue weighted by Gasteiger charge is 2.16. The Balaban J connectivity index is 2.83. The van der Waals surface area contributed by atoms with Crippen molar-refractivity contribution in [3.8, 4) is 0 Å². The van der Waals surface area contributed by atoms with Crippen molar-refractivity contribution in [2.45, 2.75) is 19.4 Å². The molecule has 0 aliphatic heterocycles. The summed E-state index contributed by atoms with van der Waals surface area (Å²) in [5, 5.41) is 9.65. The molecule has 0 aliphatic carbocycles. The first-order valence-corrected chi connectivity index (χ1v) is 4.75. The number of aliphatic hydroxyl groups is 1. The molecule has 5 heteroatoms. The molecule has 1 aromatic rings. The third kappa shape index (κ3) is 3.28. The summed E-state index contributed by atoms with van der Waals surface area (Å²) in [6.45, 7) is 3.96. The van der Waals surface area contributed by atoms with Gasteiger partial charge in [0.05, 0.1) is 11.3 Å². The Morgan fingerprint density at radius 1 is 1.40 bits per heavy atom. The van der Waals surface area contributed by atoms with Crippen molar-refractivity contribution in [3.63, 3.8) is 0 Å². The molecule has 0 bridgehead atoms. The van der Waals surface area contributed by atoms with Crippen LogP contribution in [0.15, 0.2) is 12.1 Å². The molecule has 1 aromatic heterocycles. The first-order chi connectivity index (χ1) is 6.79. The van der Waals surface area contributed by atoms with Gasteiger partial charge in [-0.15, -0.1) is 0 Å². The molecule has 15 heavy (non-hydrogen) atoms. The molecule has 0 fully saturated rings. The van der Waals surface area contributed by atoms with Gasteiger partial charge < -0.3 is 21.5 Å². The van der Waals surface area contributed by atoms with Gasteiger partial charge in [-0.1, -0.05) is 0 Å². The minimum absolute atomic E-state index is 0.315. The van der Waals surface area contributed by atoms with Crippen molar-refractivity contribution in [1.82, 2.24) is 4.98 Å². The SMILES string of the molecule is CN(CC(C)(C)O)c1ccc(N)c(N)n1. The van der Waals surface area contributed by atoms with Crippen molar-refractivity contribution in [1.29, 1.82) is 0 Å². The second-order valence-corrected chi connectivity index (χ2v) is 4.31. The third-order valence-electron chi connectivity index (χ3n) is 1.96. The van der Waals surface area contributed by atoms with Crippen LogP contribution in [-0.2, 0) is 0 Å². The average molecular weight is 210 g/mol. The molecule has 84 valence electrons. The zero-order chi connectivity index (χ0) is 11.6. The van der Waals surface area contributed by atoms with Crippen LogP contribution < -0.4 is 16.4 Å². The van der Waals surface area contributed by atoms with Crippen molar-refractivity contribution >= 4 is 17.3 Å². The molecule has 0 saturated heterocycles. The van der Waals surface area contributed by atoms with E-state index in [1.54, 1.807) is 26.0 Å². The van der Waals surface area contributed by atoms with Gasteiger partial charge in [-0.25, -0.2) is 4.98 Å². The largest absolute Gasteiger partial charge is 0.396 e. The Labute approximate surface area is 89.7 Å². The Morgan fingerprint density at radius 3 is 2.47 bits per heavy atom. The van der Waals surface area contributed by atoms with E-state index < -0.39 is 5.60 Å². The van der Waals surface area contributed by atoms with Gasteiger partial charge in [0, 0.05) is 13.6 Å². The van der Waals surface area contributed by atoms with Gasteiger partial charge in [0.1, 0.15) is 11.6 Å². The number of anilines is 3. The van der Waals surface area contributed by atoms with E-state index in [9.17, 15) is 5.11 Å². The number of likely N-dealkylation sites (N-methyl/N-ethyl adjacent to an activating group) is 1. The maximum Gasteiger partial charge on any atom is 0.149 e. The molecule has 0 radical (unpaired) electrons. The van der Waals surface area contributed by atoms with Crippen LogP contribution in [0.25, 0.3) is 0 Å². The fraction of sp³-hybridized carbons (Fsp3) is 0.500. The zero-order valence-corrected chi connectivity index (χ0v) is 9.36. The Bertz CT molecular complexity index is 346. The van der Waals surface area contributed by atoms with Gasteiger partial charge >= 0.3 is 0 Å². The van der Waals surface area contributed by atoms with Crippen LogP contribution >= 0.6 is 0 Å². The molecule has 0 saturated carbocycles. The van der Waals surface area contributed by atoms with E-state index in [1.165, 1.54) is 0 Å². The van der Waals surface area contributed by atoms with Gasteiger partial charge in [-0.2, -0.15) is 0 Å². The highest BCUT2D eigenvalue weighted by molar-refractivity contribution is 5.62. The molecular formula is C10H18N4O. The number of nitrogens with zero attached hydrogens (tertiary/aromatic N) is 2. The lowest BCUT2D eigenvalue weighted by molar-refractivity contribution is 0.0884. The van der Waals surface area contributed by atoms with Crippen LogP contribution in [0.4, 0.5) is 17.3 Å². The van der Waals surface area contributed by atoms with E-state index in [-0.39, 0.29) is 0 Å². The number of nitrogen functional groups attached to an aromatic ring is 2. The first kappa shape index (κ1) is 11.6. The second kappa shape index (κ2) is 3.94. The number of aromatic nitrogens is 1. The standard InChI is InChI=1S/C10H18N4O/c1-10(2,15)6-14(3)8-5-4-7(11)9(12)13-8/h4-5,15H,6,11H2,1-3H3,(H2,12,13). The fourth-order valence-electron chi connectivity index (χ4n) is 1.35. The normalized spacial score (nSPS) is 11.5. The molecule has 5 N–H and O–H groups in total. The van der Waals surface area contributed by atoms with E-state index >= 15 is 0 Å². The highest BCUT2D eigenvalue weighted by atomic mass is 16.3. The molecular weight excluding hydrogens is 192 g/mol. The minimum Gasteiger partial charge on any atom is -0.396 e. The Hall–Kier alpha value is -1.49. The van der Waals surface area contributed by atoms with Crippen LogP contribution in [0.3, 0.4) is 0 Å². The summed E-state index contributed by atoms with van der Waals surface area (Å²) in [7, 11) is 1.84. The summed E-state index contributed by atoms with van der Waals surface area (Å²) in [5.74, 6) is 1.01. The lowest BCUT2D eigenvalue weighted by atomic mass is 10.1. The van der Waals surface area contributed by atoms with Gasteiger partial charge in [0.15, 0.2) is 0 Å². The van der Waals surface area contributed by atoms with E-state index in [0.717, 1.165) is 0 Å². The van der Waals surface area contributed by atoms with E-state index in [0.29, 0.717) is 23.9 Å². The molecule has 0 amide bonds. The maximum absolute atomic E-state index is 9.65. The minimum atomic E-state index is -0.771. The van der Waals surface area contributed by atoms with E-state index in [2.05, 4.69) is 4.98 Å². The molecule has 1 heterocycles. The van der Waals surface area contributed by atoms with Gasteiger partial charge in [0.2, 0.25) is 0 Å². The van der Waals surface area contributed by atoms with Gasteiger partial charge in [-0.05, 0) is 26.0 Å². The van der Waals surface area contributed by atoms with Crippen molar-refractivity contribution in [3.05, 3.63) is 12.1 Å². The Kier molecular flexibility index (Phi) is 3.04. The highest BCUT2D eigenvalue weighted by Crippen LogP contribution is 2.18. The number of rotatable bonds is 3. The number of hydrogen-bond acceptors (Lipinski definition) is 5. The quantitative estimate of drug-likeness (QED) is 0.674. The first-order valence-electron chi connectivity index (χ1n) is 4.75. The molecule has 0 unspecified atom stereocenters. The van der Waals surface area contributed by atoms with Crippen LogP contribution in [-0.4, -0.2) is 29.3 Å². The van der Waals surface area contributed by atoms with E-state index in [4.69, 9.17) is 11.5 Å². The second-order valence-electron chi connectivity index (χ2n) is 4.31. The van der Waals surface area contributed by atoms with Crippen LogP contribution in [0, 0.1) is 0 Å². The summed E-state index contributed by atoms with van der Waals surface area (Å²) < 4.78 is 0. The average Bonchev–Trinajstić information content (AvgIpc) is 2.06. The Morgan fingerprint density at radius 2 is 2.00 bits per heavy atom. The van der Waals surface area contributed by atoms with Crippen molar-refractivity contribution in [2.75, 3.05) is 30.0 Å². The van der Waals surface area contributed by atoms with Crippen LogP contribution in [0.1, 0.15) is 13.8 Å². The fourth-order valence-corrected chi connectivity index (χ4v) is 1.35. The number of hydrogen-bond donors (Lipinski definition) is 3. The van der Waals surface area contributed by atoms with Crippen molar-refractivity contribution < 1.29 is 5.11 Å². The summed E-state index contributed by atoms with van der Waals surface area (Å²) in [4.78, 5) is 5.95. The molecule has 5 nitrogen and oxygen atoms in total. The summed E-state index contributed by atoms with van der Waals surface area (Å²) >= 11 is 0. The molecule has 0 aliphatic rings. The molecule has 1 rings (SSSR count). The van der Waals surface area contributed by atoms with Crippen molar-refractivity contribution in [2.24, 2.45) is 0 Å².